The van der Waals surface area contributed by atoms with Gasteiger partial charge in [0, 0.05) is 37.4 Å². The fourth-order valence-corrected chi connectivity index (χ4v) is 3.68. The Labute approximate surface area is 174 Å². The lowest BCUT2D eigenvalue weighted by atomic mass is 10.1. The minimum Gasteiger partial charge on any atom is -0.493 e. The average Bonchev–Trinajstić information content (AvgIpc) is 2.75. The quantitative estimate of drug-likeness (QED) is 0.677. The highest BCUT2D eigenvalue weighted by Gasteiger charge is 2.24. The molecule has 1 fully saturated rings. The lowest BCUT2D eigenvalue weighted by molar-refractivity contribution is 0.170. The number of hydrogen-bond acceptors (Lipinski definition) is 7. The minimum absolute atomic E-state index is 0.105. The molecule has 29 heavy (non-hydrogen) atoms. The largest absolute Gasteiger partial charge is 0.493 e. The van der Waals surface area contributed by atoms with Crippen molar-refractivity contribution >= 4 is 34.3 Å². The molecule has 0 aliphatic carbocycles. The van der Waals surface area contributed by atoms with Gasteiger partial charge in [0.15, 0.2) is 11.5 Å². The van der Waals surface area contributed by atoms with Crippen LogP contribution in [0, 0.1) is 0 Å². The second-order valence-corrected chi connectivity index (χ2v) is 7.28. The number of anilines is 2. The molecule has 0 amide bonds. The van der Waals surface area contributed by atoms with Crippen LogP contribution in [0.4, 0.5) is 11.8 Å². The van der Waals surface area contributed by atoms with Crippen LogP contribution in [-0.4, -0.2) is 43.4 Å². The number of nitrogen functional groups attached to an aromatic ring is 1. The number of methoxy groups -OCH3 is 2. The molecule has 1 aliphatic rings. The van der Waals surface area contributed by atoms with Crippen LogP contribution in [0.3, 0.4) is 0 Å². The molecule has 7 nitrogen and oxygen atoms in total. The molecule has 1 aromatic heterocycles. The van der Waals surface area contributed by atoms with E-state index < -0.39 is 0 Å². The highest BCUT2D eigenvalue weighted by atomic mass is 35.5. The molecule has 0 spiro atoms. The van der Waals surface area contributed by atoms with E-state index in [0.717, 1.165) is 42.6 Å². The first-order chi connectivity index (χ1) is 14.1. The summed E-state index contributed by atoms with van der Waals surface area (Å²) in [6, 6.07) is 11.2. The zero-order valence-corrected chi connectivity index (χ0v) is 17.1. The Balaban J connectivity index is 1.51. The molecule has 1 saturated heterocycles. The summed E-state index contributed by atoms with van der Waals surface area (Å²) < 4.78 is 16.8. The number of piperidine rings is 1. The number of benzene rings is 2. The van der Waals surface area contributed by atoms with E-state index in [1.807, 2.05) is 30.3 Å². The van der Waals surface area contributed by atoms with Gasteiger partial charge in [-0.2, -0.15) is 4.98 Å². The first kappa shape index (κ1) is 19.4. The molecule has 4 rings (SSSR count). The van der Waals surface area contributed by atoms with Gasteiger partial charge in [-0.1, -0.05) is 23.7 Å². The molecule has 0 saturated carbocycles. The van der Waals surface area contributed by atoms with Gasteiger partial charge in [0.2, 0.25) is 5.95 Å². The lowest BCUT2D eigenvalue weighted by Gasteiger charge is -2.32. The number of fused-ring (bicyclic) bond motifs is 1. The van der Waals surface area contributed by atoms with Gasteiger partial charge in [0.25, 0.3) is 0 Å². The van der Waals surface area contributed by atoms with Gasteiger partial charge < -0.3 is 24.8 Å². The van der Waals surface area contributed by atoms with Crippen LogP contribution in [0.15, 0.2) is 36.4 Å². The molecule has 0 bridgehead atoms. The summed E-state index contributed by atoms with van der Waals surface area (Å²) in [6.45, 7) is 1.54. The summed E-state index contributed by atoms with van der Waals surface area (Å²) in [5, 5.41) is 1.37. The Morgan fingerprint density at radius 1 is 1.00 bits per heavy atom. The highest BCUT2D eigenvalue weighted by molar-refractivity contribution is 6.32. The van der Waals surface area contributed by atoms with Gasteiger partial charge >= 0.3 is 0 Å². The molecule has 0 unspecified atom stereocenters. The second-order valence-electron chi connectivity index (χ2n) is 6.87. The first-order valence-corrected chi connectivity index (χ1v) is 9.82. The van der Waals surface area contributed by atoms with E-state index in [9.17, 15) is 0 Å². The van der Waals surface area contributed by atoms with E-state index in [0.29, 0.717) is 28.3 Å². The van der Waals surface area contributed by atoms with Crippen molar-refractivity contribution in [3.8, 4) is 17.2 Å². The maximum atomic E-state index is 6.21. The Kier molecular flexibility index (Phi) is 5.49. The summed E-state index contributed by atoms with van der Waals surface area (Å²) in [7, 11) is 3.18. The van der Waals surface area contributed by atoms with Gasteiger partial charge in [-0.05, 0) is 18.2 Å². The molecule has 3 aromatic rings. The third kappa shape index (κ3) is 3.96. The number of aromatic nitrogens is 2. The summed E-state index contributed by atoms with van der Waals surface area (Å²) in [5.74, 6) is 2.95. The van der Waals surface area contributed by atoms with Crippen molar-refractivity contribution in [1.82, 2.24) is 9.97 Å². The normalized spacial score (nSPS) is 14.8. The fourth-order valence-electron chi connectivity index (χ4n) is 3.50. The number of halogens is 1. The van der Waals surface area contributed by atoms with Gasteiger partial charge in [0.1, 0.15) is 17.7 Å². The molecule has 2 N–H and O–H groups in total. The number of ether oxygens (including phenoxy) is 3. The molecular formula is C21H23ClN4O3. The topological polar surface area (TPSA) is 82.7 Å². The smallest absolute Gasteiger partial charge is 0.227 e. The summed E-state index contributed by atoms with van der Waals surface area (Å²) >= 11 is 6.20. The first-order valence-electron chi connectivity index (χ1n) is 9.44. The van der Waals surface area contributed by atoms with Crippen LogP contribution in [0.25, 0.3) is 10.9 Å². The van der Waals surface area contributed by atoms with Gasteiger partial charge in [-0.15, -0.1) is 0 Å². The number of para-hydroxylation sites is 1. The second kappa shape index (κ2) is 8.21. The highest BCUT2D eigenvalue weighted by Crippen LogP contribution is 2.34. The van der Waals surface area contributed by atoms with Crippen molar-refractivity contribution < 1.29 is 14.2 Å². The van der Waals surface area contributed by atoms with Crippen LogP contribution in [-0.2, 0) is 0 Å². The maximum absolute atomic E-state index is 6.21. The van der Waals surface area contributed by atoms with Crippen LogP contribution in [0.1, 0.15) is 12.8 Å². The molecule has 2 heterocycles. The monoisotopic (exact) mass is 414 g/mol. The van der Waals surface area contributed by atoms with E-state index in [1.165, 1.54) is 0 Å². The molecule has 0 atom stereocenters. The van der Waals surface area contributed by atoms with Crippen molar-refractivity contribution in [2.24, 2.45) is 0 Å². The van der Waals surface area contributed by atoms with Crippen molar-refractivity contribution in [2.75, 3.05) is 37.9 Å². The number of hydrogen-bond donors (Lipinski definition) is 1. The summed E-state index contributed by atoms with van der Waals surface area (Å²) in [6.07, 6.45) is 1.80. The average molecular weight is 415 g/mol. The maximum Gasteiger partial charge on any atom is 0.227 e. The SMILES string of the molecule is COc1cc2nc(N3CCC(Oc4ccccc4Cl)CC3)nc(N)c2cc1OC. The van der Waals surface area contributed by atoms with Crippen molar-refractivity contribution in [3.63, 3.8) is 0 Å². The van der Waals surface area contributed by atoms with E-state index >= 15 is 0 Å². The Hall–Kier alpha value is -2.93. The van der Waals surface area contributed by atoms with Crippen molar-refractivity contribution in [3.05, 3.63) is 41.4 Å². The van der Waals surface area contributed by atoms with E-state index in [1.54, 1.807) is 20.3 Å². The van der Waals surface area contributed by atoms with Gasteiger partial charge in [0.05, 0.1) is 24.8 Å². The Morgan fingerprint density at radius 3 is 2.38 bits per heavy atom. The zero-order chi connectivity index (χ0) is 20.4. The Morgan fingerprint density at radius 2 is 1.69 bits per heavy atom. The predicted octanol–water partition coefficient (Wildman–Crippen LogP) is 3.93. The lowest BCUT2D eigenvalue weighted by Crippen LogP contribution is -2.39. The number of nitrogens with zero attached hydrogens (tertiary/aromatic N) is 3. The van der Waals surface area contributed by atoms with Gasteiger partial charge in [-0.3, -0.25) is 0 Å². The molecule has 2 aromatic carbocycles. The fraction of sp³-hybridized carbons (Fsp3) is 0.333. The minimum atomic E-state index is 0.105. The summed E-state index contributed by atoms with van der Waals surface area (Å²) in [4.78, 5) is 11.3. The third-order valence-corrected chi connectivity index (χ3v) is 5.39. The molecule has 8 heteroatoms. The van der Waals surface area contributed by atoms with E-state index in [2.05, 4.69) is 9.88 Å². The van der Waals surface area contributed by atoms with Crippen molar-refractivity contribution in [1.29, 1.82) is 0 Å². The van der Waals surface area contributed by atoms with Crippen LogP contribution in [0.5, 0.6) is 17.2 Å². The van der Waals surface area contributed by atoms with Crippen LogP contribution in [0.2, 0.25) is 5.02 Å². The number of rotatable bonds is 5. The van der Waals surface area contributed by atoms with E-state index in [-0.39, 0.29) is 6.10 Å². The summed E-state index contributed by atoms with van der Waals surface area (Å²) in [5.41, 5.74) is 6.93. The third-order valence-electron chi connectivity index (χ3n) is 5.07. The Bertz CT molecular complexity index is 1020. The molecule has 152 valence electrons. The van der Waals surface area contributed by atoms with Crippen LogP contribution >= 0.6 is 11.6 Å². The van der Waals surface area contributed by atoms with Gasteiger partial charge in [-0.25, -0.2) is 4.98 Å². The molecule has 1 aliphatic heterocycles. The predicted molar refractivity (Wildman–Crippen MR) is 114 cm³/mol. The van der Waals surface area contributed by atoms with E-state index in [4.69, 9.17) is 36.5 Å². The number of nitrogens with two attached hydrogens (primary N) is 1. The van der Waals surface area contributed by atoms with Crippen molar-refractivity contribution in [2.45, 2.75) is 18.9 Å². The van der Waals surface area contributed by atoms with Crippen LogP contribution < -0.4 is 24.8 Å². The zero-order valence-electron chi connectivity index (χ0n) is 16.4. The standard InChI is InChI=1S/C21H23ClN4O3/c1-27-18-11-14-16(12-19(18)28-2)24-21(25-20(14)23)26-9-7-13(8-10-26)29-17-6-4-3-5-15(17)22/h3-6,11-13H,7-10H2,1-2H3,(H2,23,24,25). The molecule has 0 radical (unpaired) electrons. The molecular weight excluding hydrogens is 392 g/mol.